The molecule has 1 aromatic heterocycles. The van der Waals surface area contributed by atoms with Crippen LogP contribution in [0.2, 0.25) is 0 Å². The highest BCUT2D eigenvalue weighted by Crippen LogP contribution is 2.36. The van der Waals surface area contributed by atoms with Crippen molar-refractivity contribution in [2.24, 2.45) is 0 Å². The van der Waals surface area contributed by atoms with Crippen molar-refractivity contribution in [3.05, 3.63) is 22.3 Å². The zero-order valence-corrected chi connectivity index (χ0v) is 14.0. The van der Waals surface area contributed by atoms with Crippen LogP contribution in [0.4, 0.5) is 0 Å². The first-order valence-electron chi connectivity index (χ1n) is 6.65. The second-order valence-corrected chi connectivity index (χ2v) is 7.23. The molecule has 1 saturated heterocycles. The highest BCUT2D eigenvalue weighted by atomic mass is 79.9. The molecule has 0 N–H and O–H groups in total. The second kappa shape index (κ2) is 4.87. The number of hydrogen-bond acceptors (Lipinski definition) is 3. The molecule has 5 heteroatoms. The van der Waals surface area contributed by atoms with Gasteiger partial charge >= 0.3 is 7.12 Å². The summed E-state index contributed by atoms with van der Waals surface area (Å²) in [5, 5.41) is 0. The van der Waals surface area contributed by atoms with Gasteiger partial charge in [-0.25, -0.2) is 0 Å². The van der Waals surface area contributed by atoms with E-state index in [1.165, 1.54) is 5.56 Å². The van der Waals surface area contributed by atoms with E-state index in [1.807, 2.05) is 40.0 Å². The number of rotatable bonds is 2. The lowest BCUT2D eigenvalue weighted by Crippen LogP contribution is -2.41. The summed E-state index contributed by atoms with van der Waals surface area (Å²) in [6, 6.07) is 2.00. The van der Waals surface area contributed by atoms with Crippen LogP contribution >= 0.6 is 15.9 Å². The Morgan fingerprint density at radius 2 is 1.68 bits per heavy atom. The standard InChI is InChI=1S/C14H21BBrNO2/c1-9(2)10-8-17-12(7-11(10)16)15-18-13(3,4)14(5,6)19-15/h7-9H,1-6H3. The Hall–Kier alpha value is -0.385. The SMILES string of the molecule is CC(C)c1cnc(B2OC(C)(C)C(C)(C)O2)cc1Br. The van der Waals surface area contributed by atoms with Gasteiger partial charge in [0.1, 0.15) is 0 Å². The fourth-order valence-corrected chi connectivity index (χ4v) is 2.77. The minimum Gasteiger partial charge on any atom is -0.398 e. The summed E-state index contributed by atoms with van der Waals surface area (Å²) in [4.78, 5) is 4.49. The van der Waals surface area contributed by atoms with Crippen LogP contribution in [-0.2, 0) is 9.31 Å². The van der Waals surface area contributed by atoms with E-state index in [2.05, 4.69) is 34.8 Å². The zero-order chi connectivity index (χ0) is 14.4. The quantitative estimate of drug-likeness (QED) is 0.782. The summed E-state index contributed by atoms with van der Waals surface area (Å²) in [6.45, 7) is 12.5. The molecule has 1 fully saturated rings. The van der Waals surface area contributed by atoms with Crippen LogP contribution in [0.25, 0.3) is 0 Å². The van der Waals surface area contributed by atoms with Crippen LogP contribution in [0, 0.1) is 0 Å². The molecule has 2 heterocycles. The molecule has 0 atom stereocenters. The van der Waals surface area contributed by atoms with Crippen LogP contribution < -0.4 is 5.59 Å². The smallest absolute Gasteiger partial charge is 0.398 e. The van der Waals surface area contributed by atoms with E-state index in [4.69, 9.17) is 9.31 Å². The first-order valence-corrected chi connectivity index (χ1v) is 7.44. The molecule has 0 aromatic carbocycles. The van der Waals surface area contributed by atoms with Crippen LogP contribution in [0.1, 0.15) is 53.0 Å². The van der Waals surface area contributed by atoms with Crippen molar-refractivity contribution >= 4 is 28.6 Å². The highest BCUT2D eigenvalue weighted by molar-refractivity contribution is 9.10. The van der Waals surface area contributed by atoms with E-state index in [0.717, 1.165) is 10.1 Å². The largest absolute Gasteiger partial charge is 0.514 e. The molecule has 1 aromatic rings. The third kappa shape index (κ3) is 2.74. The Kier molecular flexibility index (Phi) is 3.84. The van der Waals surface area contributed by atoms with Gasteiger partial charge in [-0.05, 0) is 45.2 Å². The van der Waals surface area contributed by atoms with Crippen molar-refractivity contribution in [1.29, 1.82) is 0 Å². The van der Waals surface area contributed by atoms with Crippen molar-refractivity contribution in [3.8, 4) is 0 Å². The van der Waals surface area contributed by atoms with Gasteiger partial charge in [0.2, 0.25) is 0 Å². The zero-order valence-electron chi connectivity index (χ0n) is 12.5. The maximum atomic E-state index is 6.00. The van der Waals surface area contributed by atoms with E-state index < -0.39 is 7.12 Å². The van der Waals surface area contributed by atoms with E-state index in [9.17, 15) is 0 Å². The van der Waals surface area contributed by atoms with Gasteiger partial charge < -0.3 is 9.31 Å². The predicted octanol–water partition coefficient (Wildman–Crippen LogP) is 3.27. The Morgan fingerprint density at radius 3 is 2.11 bits per heavy atom. The Morgan fingerprint density at radius 1 is 1.16 bits per heavy atom. The van der Waals surface area contributed by atoms with E-state index >= 15 is 0 Å². The van der Waals surface area contributed by atoms with Gasteiger partial charge in [-0.1, -0.05) is 29.8 Å². The molecule has 0 radical (unpaired) electrons. The summed E-state index contributed by atoms with van der Waals surface area (Å²) < 4.78 is 13.1. The molecule has 19 heavy (non-hydrogen) atoms. The third-order valence-electron chi connectivity index (χ3n) is 4.02. The predicted molar refractivity (Wildman–Crippen MR) is 81.7 cm³/mol. The first kappa shape index (κ1) is 15.0. The maximum absolute atomic E-state index is 6.00. The molecule has 0 bridgehead atoms. The minimum absolute atomic E-state index is 0.331. The Bertz CT molecular complexity index is 472. The molecule has 1 aliphatic rings. The first-order chi connectivity index (χ1) is 8.64. The van der Waals surface area contributed by atoms with Gasteiger partial charge in [-0.2, -0.15) is 0 Å². The van der Waals surface area contributed by atoms with Crippen molar-refractivity contribution in [1.82, 2.24) is 4.98 Å². The average Bonchev–Trinajstić information content (AvgIpc) is 2.47. The molecule has 2 rings (SSSR count). The van der Waals surface area contributed by atoms with Gasteiger partial charge in [0.05, 0.1) is 16.8 Å². The lowest BCUT2D eigenvalue weighted by atomic mass is 9.83. The lowest BCUT2D eigenvalue weighted by Gasteiger charge is -2.32. The normalized spacial score (nSPS) is 21.2. The Labute approximate surface area is 124 Å². The van der Waals surface area contributed by atoms with Gasteiger partial charge in [-0.15, -0.1) is 0 Å². The number of aromatic nitrogens is 1. The molecule has 3 nitrogen and oxygen atoms in total. The van der Waals surface area contributed by atoms with E-state index in [0.29, 0.717) is 5.92 Å². The minimum atomic E-state index is -0.400. The third-order valence-corrected chi connectivity index (χ3v) is 4.71. The van der Waals surface area contributed by atoms with Crippen LogP contribution in [0.3, 0.4) is 0 Å². The molecule has 0 spiro atoms. The molecule has 0 unspecified atom stereocenters. The average molecular weight is 326 g/mol. The van der Waals surface area contributed by atoms with E-state index in [-0.39, 0.29) is 11.2 Å². The van der Waals surface area contributed by atoms with Crippen molar-refractivity contribution < 1.29 is 9.31 Å². The molecule has 0 saturated carbocycles. The van der Waals surface area contributed by atoms with Crippen molar-refractivity contribution in [3.63, 3.8) is 0 Å². The lowest BCUT2D eigenvalue weighted by molar-refractivity contribution is 0.00578. The summed E-state index contributed by atoms with van der Waals surface area (Å²) >= 11 is 3.60. The number of hydrogen-bond donors (Lipinski definition) is 0. The van der Waals surface area contributed by atoms with Crippen molar-refractivity contribution in [2.75, 3.05) is 0 Å². The van der Waals surface area contributed by atoms with E-state index in [1.54, 1.807) is 0 Å². The van der Waals surface area contributed by atoms with Crippen molar-refractivity contribution in [2.45, 2.75) is 58.7 Å². The number of pyridine rings is 1. The van der Waals surface area contributed by atoms with Gasteiger partial charge in [0, 0.05) is 10.7 Å². The summed E-state index contributed by atoms with van der Waals surface area (Å²) in [6.07, 6.45) is 1.90. The van der Waals surface area contributed by atoms with Crippen LogP contribution in [-0.4, -0.2) is 23.3 Å². The topological polar surface area (TPSA) is 31.4 Å². The Balaban J connectivity index is 2.28. The molecule has 104 valence electrons. The van der Waals surface area contributed by atoms with Gasteiger partial charge in [0.15, 0.2) is 0 Å². The molecule has 1 aliphatic heterocycles. The van der Waals surface area contributed by atoms with Crippen LogP contribution in [0.15, 0.2) is 16.7 Å². The number of halogens is 1. The summed E-state index contributed by atoms with van der Waals surface area (Å²) in [5.74, 6) is 0.439. The van der Waals surface area contributed by atoms with Gasteiger partial charge in [-0.3, -0.25) is 4.98 Å². The fraction of sp³-hybridized carbons (Fsp3) is 0.643. The maximum Gasteiger partial charge on any atom is 0.514 e. The molecule has 0 aliphatic carbocycles. The monoisotopic (exact) mass is 325 g/mol. The highest BCUT2D eigenvalue weighted by Gasteiger charge is 2.52. The number of nitrogens with zero attached hydrogens (tertiary/aromatic N) is 1. The fourth-order valence-electron chi connectivity index (χ4n) is 1.97. The van der Waals surface area contributed by atoms with Gasteiger partial charge in [0.25, 0.3) is 0 Å². The molecular formula is C14H21BBrNO2. The van der Waals surface area contributed by atoms with Crippen LogP contribution in [0.5, 0.6) is 0 Å². The summed E-state index contributed by atoms with van der Waals surface area (Å²) in [7, 11) is -0.400. The molecule has 0 amide bonds. The summed E-state index contributed by atoms with van der Waals surface area (Å²) in [5.41, 5.74) is 1.35. The molecular weight excluding hydrogens is 305 g/mol. The second-order valence-electron chi connectivity index (χ2n) is 6.37.